The summed E-state index contributed by atoms with van der Waals surface area (Å²) in [5.74, 6) is -0.486. The predicted octanol–water partition coefficient (Wildman–Crippen LogP) is -1.91. The molecule has 1 aliphatic rings. The number of rotatable bonds is 2. The number of ether oxygens (including phenoxy) is 1. The van der Waals surface area contributed by atoms with Crippen LogP contribution in [0.2, 0.25) is 0 Å². The van der Waals surface area contributed by atoms with E-state index in [1.807, 2.05) is 0 Å². The molecule has 1 unspecified atom stereocenters. The van der Waals surface area contributed by atoms with Gasteiger partial charge in [0.1, 0.15) is 22.8 Å². The van der Waals surface area contributed by atoms with Gasteiger partial charge in [0, 0.05) is 6.92 Å². The Morgan fingerprint density at radius 3 is 2.22 bits per heavy atom. The molecule has 0 bridgehead atoms. The monoisotopic (exact) mass is 263 g/mol. The summed E-state index contributed by atoms with van der Waals surface area (Å²) >= 11 is 0. The first-order valence-corrected chi connectivity index (χ1v) is 5.67. The lowest BCUT2D eigenvalue weighted by Crippen LogP contribution is -2.80. The Bertz CT molecular complexity index is 346. The molecule has 1 fully saturated rings. The Kier molecular flexibility index (Phi) is 3.77. The first kappa shape index (κ1) is 15.3. The second-order valence-corrected chi connectivity index (χ2v) is 5.37. The van der Waals surface area contributed by atoms with E-state index in [0.717, 1.165) is 0 Å². The second-order valence-electron chi connectivity index (χ2n) is 5.37. The smallest absolute Gasteiger partial charge is 0.217 e. The number of aliphatic hydroxyl groups excluding tert-OH is 3. The zero-order valence-corrected chi connectivity index (χ0v) is 11.0. The highest BCUT2D eigenvalue weighted by molar-refractivity contribution is 5.74. The molecule has 7 nitrogen and oxygen atoms in total. The molecule has 0 radical (unpaired) electrons. The standard InChI is InChI=1S/C11H21NO6/c1-6(14)12-10(3)8(16)18-9(2,5-13)7(15)11(10,4)17/h7-8,13,15-17H,5H2,1-4H3,(H,12,14)/t7-,8?,9-,10+,11+/m1/s1. The van der Waals surface area contributed by atoms with Crippen LogP contribution in [0, 0.1) is 0 Å². The van der Waals surface area contributed by atoms with Gasteiger partial charge in [-0.15, -0.1) is 0 Å². The Labute approximate surface area is 105 Å². The number of carbonyl (C=O) groups excluding carboxylic acids is 1. The highest BCUT2D eigenvalue weighted by Gasteiger charge is 2.64. The van der Waals surface area contributed by atoms with Gasteiger partial charge in [-0.2, -0.15) is 0 Å². The van der Waals surface area contributed by atoms with E-state index in [2.05, 4.69) is 5.32 Å². The topological polar surface area (TPSA) is 119 Å². The fourth-order valence-corrected chi connectivity index (χ4v) is 2.24. The third-order valence-electron chi connectivity index (χ3n) is 3.79. The minimum absolute atomic E-state index is 0.486. The van der Waals surface area contributed by atoms with Crippen molar-refractivity contribution in [2.75, 3.05) is 6.61 Å². The van der Waals surface area contributed by atoms with Crippen molar-refractivity contribution in [2.45, 2.75) is 56.8 Å². The summed E-state index contributed by atoms with van der Waals surface area (Å²) in [6, 6.07) is 0. The summed E-state index contributed by atoms with van der Waals surface area (Å²) in [6.45, 7) is 4.63. The molecular weight excluding hydrogens is 242 g/mol. The maximum atomic E-state index is 11.2. The molecule has 1 heterocycles. The van der Waals surface area contributed by atoms with Crippen molar-refractivity contribution in [3.05, 3.63) is 0 Å². The van der Waals surface area contributed by atoms with Gasteiger partial charge in [0.05, 0.1) is 6.61 Å². The van der Waals surface area contributed by atoms with Crippen LogP contribution in [0.1, 0.15) is 27.7 Å². The number of nitrogens with one attached hydrogen (secondary N) is 1. The van der Waals surface area contributed by atoms with Crippen molar-refractivity contribution in [3.8, 4) is 0 Å². The molecule has 5 N–H and O–H groups in total. The first-order valence-electron chi connectivity index (χ1n) is 5.67. The van der Waals surface area contributed by atoms with Gasteiger partial charge in [0.15, 0.2) is 6.29 Å². The van der Waals surface area contributed by atoms with Gasteiger partial charge in [-0.3, -0.25) is 4.79 Å². The van der Waals surface area contributed by atoms with E-state index in [9.17, 15) is 25.2 Å². The second kappa shape index (κ2) is 4.43. The fourth-order valence-electron chi connectivity index (χ4n) is 2.24. The Morgan fingerprint density at radius 1 is 1.33 bits per heavy atom. The SMILES string of the molecule is CC(=O)N[C@@]1(C)C(O)O[C@](C)(CO)[C@@H](O)[C@]1(C)O. The van der Waals surface area contributed by atoms with E-state index in [4.69, 9.17) is 4.74 Å². The molecule has 1 amide bonds. The van der Waals surface area contributed by atoms with Crippen molar-refractivity contribution in [2.24, 2.45) is 0 Å². The average molecular weight is 263 g/mol. The predicted molar refractivity (Wildman–Crippen MR) is 61.4 cm³/mol. The van der Waals surface area contributed by atoms with E-state index < -0.39 is 41.6 Å². The molecule has 0 spiro atoms. The lowest BCUT2D eigenvalue weighted by atomic mass is 9.70. The van der Waals surface area contributed by atoms with Crippen LogP contribution in [0.25, 0.3) is 0 Å². The average Bonchev–Trinajstić information content (AvgIpc) is 2.24. The minimum atomic E-state index is -1.88. The molecule has 0 aliphatic carbocycles. The maximum absolute atomic E-state index is 11.2. The van der Waals surface area contributed by atoms with Gasteiger partial charge < -0.3 is 30.5 Å². The van der Waals surface area contributed by atoms with Gasteiger partial charge in [-0.25, -0.2) is 0 Å². The van der Waals surface area contributed by atoms with E-state index in [1.54, 1.807) is 0 Å². The molecule has 0 aromatic rings. The van der Waals surface area contributed by atoms with Gasteiger partial charge in [0.2, 0.25) is 5.91 Å². The number of carbonyl (C=O) groups is 1. The molecule has 0 aromatic carbocycles. The summed E-state index contributed by atoms with van der Waals surface area (Å²) in [5.41, 5.74) is -4.98. The first-order chi connectivity index (χ1) is 8.01. The molecule has 5 atom stereocenters. The Morgan fingerprint density at radius 2 is 1.83 bits per heavy atom. The molecule has 106 valence electrons. The lowest BCUT2D eigenvalue weighted by Gasteiger charge is -2.57. The van der Waals surface area contributed by atoms with Crippen molar-refractivity contribution >= 4 is 5.91 Å². The van der Waals surface area contributed by atoms with Gasteiger partial charge in [-0.05, 0) is 20.8 Å². The van der Waals surface area contributed by atoms with Crippen LogP contribution in [-0.2, 0) is 9.53 Å². The number of amides is 1. The summed E-state index contributed by atoms with van der Waals surface area (Å²) in [4.78, 5) is 11.2. The third kappa shape index (κ3) is 2.02. The number of hydrogen-bond acceptors (Lipinski definition) is 6. The van der Waals surface area contributed by atoms with Crippen LogP contribution >= 0.6 is 0 Å². The molecule has 1 aliphatic heterocycles. The maximum Gasteiger partial charge on any atom is 0.217 e. The fraction of sp³-hybridized carbons (Fsp3) is 0.909. The van der Waals surface area contributed by atoms with E-state index in [1.165, 1.54) is 27.7 Å². The van der Waals surface area contributed by atoms with Crippen LogP contribution in [0.3, 0.4) is 0 Å². The highest BCUT2D eigenvalue weighted by atomic mass is 16.6. The molecule has 7 heteroatoms. The van der Waals surface area contributed by atoms with Crippen molar-refractivity contribution < 1.29 is 30.0 Å². The molecule has 0 saturated carbocycles. The Hall–Kier alpha value is -0.730. The van der Waals surface area contributed by atoms with E-state index >= 15 is 0 Å². The van der Waals surface area contributed by atoms with Crippen LogP contribution in [0.4, 0.5) is 0 Å². The lowest BCUT2D eigenvalue weighted by molar-refractivity contribution is -0.343. The van der Waals surface area contributed by atoms with Crippen LogP contribution in [0.5, 0.6) is 0 Å². The van der Waals surface area contributed by atoms with Crippen LogP contribution < -0.4 is 5.32 Å². The highest BCUT2D eigenvalue weighted by Crippen LogP contribution is 2.41. The number of aliphatic hydroxyl groups is 4. The summed E-state index contributed by atoms with van der Waals surface area (Å²) < 4.78 is 5.17. The molecule has 0 aromatic heterocycles. The quantitative estimate of drug-likeness (QED) is 0.397. The summed E-state index contributed by atoms with van der Waals surface area (Å²) in [5, 5.41) is 42.1. The van der Waals surface area contributed by atoms with Crippen LogP contribution in [-0.4, -0.2) is 62.1 Å². The molecule has 1 saturated heterocycles. The van der Waals surface area contributed by atoms with E-state index in [0.29, 0.717) is 0 Å². The molecule has 1 rings (SSSR count). The molecule has 18 heavy (non-hydrogen) atoms. The van der Waals surface area contributed by atoms with Crippen LogP contribution in [0.15, 0.2) is 0 Å². The summed E-state index contributed by atoms with van der Waals surface area (Å²) in [6.07, 6.45) is -3.06. The van der Waals surface area contributed by atoms with Gasteiger partial charge >= 0.3 is 0 Å². The van der Waals surface area contributed by atoms with Crippen molar-refractivity contribution in [1.29, 1.82) is 0 Å². The normalized spacial score (nSPS) is 48.9. The van der Waals surface area contributed by atoms with Gasteiger partial charge in [-0.1, -0.05) is 0 Å². The zero-order chi connectivity index (χ0) is 14.4. The zero-order valence-electron chi connectivity index (χ0n) is 11.0. The third-order valence-corrected chi connectivity index (χ3v) is 3.79. The summed E-state index contributed by atoms with van der Waals surface area (Å²) in [7, 11) is 0. The van der Waals surface area contributed by atoms with Crippen molar-refractivity contribution in [3.63, 3.8) is 0 Å². The number of hydrogen-bond donors (Lipinski definition) is 5. The Balaban J connectivity index is 3.21. The van der Waals surface area contributed by atoms with E-state index in [-0.39, 0.29) is 0 Å². The molecular formula is C11H21NO6. The van der Waals surface area contributed by atoms with Crippen molar-refractivity contribution in [1.82, 2.24) is 5.32 Å². The largest absolute Gasteiger partial charge is 0.393 e. The minimum Gasteiger partial charge on any atom is -0.393 e. The van der Waals surface area contributed by atoms with Gasteiger partial charge in [0.25, 0.3) is 0 Å².